The summed E-state index contributed by atoms with van der Waals surface area (Å²) in [5.74, 6) is 0. The van der Waals surface area contributed by atoms with Crippen molar-refractivity contribution in [3.05, 3.63) is 101 Å². The lowest BCUT2D eigenvalue weighted by Gasteiger charge is -2.35. The summed E-state index contributed by atoms with van der Waals surface area (Å²) in [6.07, 6.45) is 0. The van der Waals surface area contributed by atoms with Crippen LogP contribution in [-0.4, -0.2) is 31.1 Å². The number of hydrogen-bond acceptors (Lipinski definition) is 3. The van der Waals surface area contributed by atoms with Crippen molar-refractivity contribution in [1.82, 2.24) is 4.90 Å². The van der Waals surface area contributed by atoms with Crippen LogP contribution in [0.1, 0.15) is 5.56 Å². The summed E-state index contributed by atoms with van der Waals surface area (Å²) >= 11 is 0. The van der Waals surface area contributed by atoms with Gasteiger partial charge in [0.2, 0.25) is 5.43 Å². The minimum Gasteiger partial charge on any atom is -0.366 e. The molecule has 1 heterocycles. The van der Waals surface area contributed by atoms with Gasteiger partial charge in [-0.25, -0.2) is 0 Å². The van der Waals surface area contributed by atoms with Crippen molar-refractivity contribution >= 4 is 5.69 Å². The average Bonchev–Trinajstić information content (AvgIpc) is 2.94. The number of rotatable bonds is 4. The minimum absolute atomic E-state index is 0.0999. The van der Waals surface area contributed by atoms with E-state index in [0.29, 0.717) is 0 Å². The zero-order valence-corrected chi connectivity index (χ0v) is 15.4. The zero-order chi connectivity index (χ0) is 18.5. The van der Waals surface area contributed by atoms with Crippen molar-refractivity contribution in [2.45, 2.75) is 6.54 Å². The Morgan fingerprint density at radius 1 is 0.667 bits per heavy atom. The highest BCUT2D eigenvalue weighted by molar-refractivity contribution is 5.67. The Balaban J connectivity index is 1.46. The molecule has 136 valence electrons. The molecule has 0 saturated carbocycles. The van der Waals surface area contributed by atoms with E-state index in [4.69, 9.17) is 0 Å². The SMILES string of the molecule is O=c1cccccc1N1CCN(Cc2ccccc2-c2ccccc2)CC1. The van der Waals surface area contributed by atoms with Gasteiger partial charge in [0.05, 0.1) is 5.69 Å². The largest absolute Gasteiger partial charge is 0.366 e. The second-order valence-corrected chi connectivity index (χ2v) is 6.95. The highest BCUT2D eigenvalue weighted by atomic mass is 16.1. The van der Waals surface area contributed by atoms with Crippen LogP contribution in [-0.2, 0) is 6.54 Å². The molecule has 1 saturated heterocycles. The fourth-order valence-corrected chi connectivity index (χ4v) is 3.73. The van der Waals surface area contributed by atoms with Gasteiger partial charge < -0.3 is 4.90 Å². The van der Waals surface area contributed by atoms with Gasteiger partial charge in [0.15, 0.2) is 0 Å². The van der Waals surface area contributed by atoms with Crippen molar-refractivity contribution in [3.63, 3.8) is 0 Å². The molecule has 1 aliphatic rings. The predicted octanol–water partition coefficient (Wildman–Crippen LogP) is 4.04. The topological polar surface area (TPSA) is 23.6 Å². The Morgan fingerprint density at radius 3 is 2.07 bits per heavy atom. The molecule has 27 heavy (non-hydrogen) atoms. The predicted molar refractivity (Wildman–Crippen MR) is 112 cm³/mol. The summed E-state index contributed by atoms with van der Waals surface area (Å²) in [7, 11) is 0. The monoisotopic (exact) mass is 356 g/mol. The maximum Gasteiger partial charge on any atom is 0.201 e. The van der Waals surface area contributed by atoms with E-state index in [2.05, 4.69) is 64.4 Å². The van der Waals surface area contributed by atoms with Crippen LogP contribution in [0, 0.1) is 0 Å². The van der Waals surface area contributed by atoms with Crippen LogP contribution in [0.2, 0.25) is 0 Å². The van der Waals surface area contributed by atoms with Crippen molar-refractivity contribution in [2.75, 3.05) is 31.1 Å². The minimum atomic E-state index is 0.0999. The van der Waals surface area contributed by atoms with Gasteiger partial charge in [0.25, 0.3) is 0 Å². The van der Waals surface area contributed by atoms with Gasteiger partial charge >= 0.3 is 0 Å². The van der Waals surface area contributed by atoms with E-state index >= 15 is 0 Å². The summed E-state index contributed by atoms with van der Waals surface area (Å²) in [4.78, 5) is 16.9. The third-order valence-corrected chi connectivity index (χ3v) is 5.19. The van der Waals surface area contributed by atoms with Gasteiger partial charge in [-0.3, -0.25) is 9.69 Å². The van der Waals surface area contributed by atoms with E-state index in [1.807, 2.05) is 24.3 Å². The fraction of sp³-hybridized carbons (Fsp3) is 0.208. The molecule has 0 bridgehead atoms. The van der Waals surface area contributed by atoms with Gasteiger partial charge in [-0.15, -0.1) is 0 Å². The molecular formula is C24H24N2O. The lowest BCUT2D eigenvalue weighted by molar-refractivity contribution is 0.250. The molecular weight excluding hydrogens is 332 g/mol. The summed E-state index contributed by atoms with van der Waals surface area (Å²) in [6.45, 7) is 4.62. The maximum atomic E-state index is 12.2. The molecule has 4 rings (SSSR count). The summed E-state index contributed by atoms with van der Waals surface area (Å²) in [5.41, 5.74) is 4.83. The lowest BCUT2D eigenvalue weighted by atomic mass is 9.99. The first-order chi connectivity index (χ1) is 13.3. The molecule has 3 nitrogen and oxygen atoms in total. The number of piperazine rings is 1. The van der Waals surface area contributed by atoms with Crippen LogP contribution in [0.25, 0.3) is 11.1 Å². The second kappa shape index (κ2) is 8.19. The second-order valence-electron chi connectivity index (χ2n) is 6.95. The number of nitrogens with zero attached hydrogens (tertiary/aromatic N) is 2. The normalized spacial score (nSPS) is 14.9. The highest BCUT2D eigenvalue weighted by Crippen LogP contribution is 2.25. The van der Waals surface area contributed by atoms with E-state index < -0.39 is 0 Å². The van der Waals surface area contributed by atoms with Gasteiger partial charge in [-0.2, -0.15) is 0 Å². The Bertz CT molecular complexity index is 947. The molecule has 1 aliphatic heterocycles. The van der Waals surface area contributed by atoms with Gasteiger partial charge in [-0.05, 0) is 28.8 Å². The number of anilines is 1. The number of benzene rings is 2. The van der Waals surface area contributed by atoms with Crippen LogP contribution in [0.5, 0.6) is 0 Å². The van der Waals surface area contributed by atoms with Gasteiger partial charge in [0.1, 0.15) is 0 Å². The van der Waals surface area contributed by atoms with Crippen molar-refractivity contribution in [2.24, 2.45) is 0 Å². The average molecular weight is 356 g/mol. The standard InChI is InChI=1S/C24H24N2O/c27-24-14-6-2-5-13-23(24)26-17-15-25(16-18-26)19-21-11-7-8-12-22(21)20-9-3-1-4-10-20/h1-14H,15-19H2. The molecule has 0 N–H and O–H groups in total. The fourth-order valence-electron chi connectivity index (χ4n) is 3.73. The molecule has 1 fully saturated rings. The van der Waals surface area contributed by atoms with Crippen LogP contribution < -0.4 is 10.3 Å². The Kier molecular flexibility index (Phi) is 5.31. The molecule has 0 aromatic heterocycles. The Hall–Kier alpha value is -2.91. The van der Waals surface area contributed by atoms with E-state index in [0.717, 1.165) is 38.4 Å². The first-order valence-electron chi connectivity index (χ1n) is 9.51. The van der Waals surface area contributed by atoms with Gasteiger partial charge in [0, 0.05) is 32.7 Å². The molecule has 0 radical (unpaired) electrons. The molecule has 3 aromatic carbocycles. The Labute approximate surface area is 160 Å². The molecule has 0 unspecified atom stereocenters. The maximum absolute atomic E-state index is 12.2. The van der Waals surface area contributed by atoms with E-state index in [-0.39, 0.29) is 5.43 Å². The van der Waals surface area contributed by atoms with E-state index in [1.165, 1.54) is 16.7 Å². The number of hydrogen-bond donors (Lipinski definition) is 0. The van der Waals surface area contributed by atoms with Crippen molar-refractivity contribution in [1.29, 1.82) is 0 Å². The molecule has 3 aromatic rings. The summed E-state index contributed by atoms with van der Waals surface area (Å²) < 4.78 is 0. The molecule has 0 amide bonds. The third kappa shape index (κ3) is 4.09. The quantitative estimate of drug-likeness (QED) is 0.705. The first kappa shape index (κ1) is 17.5. The van der Waals surface area contributed by atoms with Gasteiger partial charge in [-0.1, -0.05) is 72.8 Å². The van der Waals surface area contributed by atoms with Crippen LogP contribution in [0.3, 0.4) is 0 Å². The van der Waals surface area contributed by atoms with E-state index in [9.17, 15) is 4.79 Å². The highest BCUT2D eigenvalue weighted by Gasteiger charge is 2.19. The smallest absolute Gasteiger partial charge is 0.201 e. The first-order valence-corrected chi connectivity index (χ1v) is 9.51. The van der Waals surface area contributed by atoms with Crippen LogP contribution in [0.4, 0.5) is 5.69 Å². The molecule has 0 aliphatic carbocycles. The molecule has 0 spiro atoms. The molecule has 3 heteroatoms. The summed E-state index contributed by atoms with van der Waals surface area (Å²) in [5, 5.41) is 0. The van der Waals surface area contributed by atoms with E-state index in [1.54, 1.807) is 6.07 Å². The van der Waals surface area contributed by atoms with Crippen molar-refractivity contribution in [3.8, 4) is 11.1 Å². The molecule has 0 atom stereocenters. The summed E-state index contributed by atoms with van der Waals surface area (Å²) in [6, 6.07) is 28.5. The van der Waals surface area contributed by atoms with Crippen molar-refractivity contribution < 1.29 is 0 Å². The zero-order valence-electron chi connectivity index (χ0n) is 15.4. The lowest BCUT2D eigenvalue weighted by Crippen LogP contribution is -2.47. The van der Waals surface area contributed by atoms with Crippen LogP contribution >= 0.6 is 0 Å². The Morgan fingerprint density at radius 2 is 1.30 bits per heavy atom. The third-order valence-electron chi connectivity index (χ3n) is 5.19. The van der Waals surface area contributed by atoms with Crippen LogP contribution in [0.15, 0.2) is 89.7 Å².